The molecule has 0 heterocycles. The van der Waals surface area contributed by atoms with Crippen molar-refractivity contribution in [3.8, 4) is 22.6 Å². The summed E-state index contributed by atoms with van der Waals surface area (Å²) in [5.41, 5.74) is 3.47. The number of hydrogen-bond donors (Lipinski definition) is 0. The summed E-state index contributed by atoms with van der Waals surface area (Å²) in [6.45, 7) is 4.75. The minimum atomic E-state index is 0.688. The van der Waals surface area contributed by atoms with Gasteiger partial charge in [-0.3, -0.25) is 0 Å². The second kappa shape index (κ2) is 5.58. The molecule has 0 spiro atoms. The summed E-state index contributed by atoms with van der Waals surface area (Å²) in [7, 11) is 1.70. The maximum Gasteiger partial charge on any atom is 0.126 e. The molecule has 0 radical (unpaired) electrons. The second-order valence-corrected chi connectivity index (χ2v) is 4.16. The van der Waals surface area contributed by atoms with Crippen molar-refractivity contribution in [2.24, 2.45) is 0 Å². The van der Waals surface area contributed by atoms with Crippen LogP contribution in [-0.2, 0) is 0 Å². The summed E-state index contributed by atoms with van der Waals surface area (Å²) in [5.74, 6) is 1.79. The van der Waals surface area contributed by atoms with Crippen molar-refractivity contribution >= 4 is 0 Å². The Balaban J connectivity index is 2.38. The van der Waals surface area contributed by atoms with E-state index in [1.807, 2.05) is 25.1 Å². The van der Waals surface area contributed by atoms with Crippen LogP contribution in [0.2, 0.25) is 0 Å². The Morgan fingerprint density at radius 1 is 1.00 bits per heavy atom. The van der Waals surface area contributed by atoms with Gasteiger partial charge in [-0.05, 0) is 43.7 Å². The molecule has 0 unspecified atom stereocenters. The highest BCUT2D eigenvalue weighted by molar-refractivity contribution is 5.71. The van der Waals surface area contributed by atoms with Gasteiger partial charge in [-0.25, -0.2) is 0 Å². The van der Waals surface area contributed by atoms with Crippen LogP contribution < -0.4 is 9.47 Å². The van der Waals surface area contributed by atoms with Crippen LogP contribution in [0.5, 0.6) is 11.5 Å². The maximum absolute atomic E-state index is 5.45. The van der Waals surface area contributed by atoms with Crippen molar-refractivity contribution in [3.63, 3.8) is 0 Å². The fraction of sp³-hybridized carbons (Fsp3) is 0.250. The maximum atomic E-state index is 5.45. The molecule has 0 aromatic heterocycles. The molecule has 2 heteroatoms. The molecule has 0 saturated carbocycles. The lowest BCUT2D eigenvalue weighted by Gasteiger charge is -2.10. The quantitative estimate of drug-likeness (QED) is 0.804. The van der Waals surface area contributed by atoms with E-state index in [4.69, 9.17) is 9.47 Å². The zero-order valence-electron chi connectivity index (χ0n) is 11.1. The second-order valence-electron chi connectivity index (χ2n) is 4.16. The molecular formula is C16H18O2. The Kier molecular flexibility index (Phi) is 3.88. The first-order valence-electron chi connectivity index (χ1n) is 6.12. The highest BCUT2D eigenvalue weighted by atomic mass is 16.5. The minimum absolute atomic E-state index is 0.688. The topological polar surface area (TPSA) is 18.5 Å². The van der Waals surface area contributed by atoms with Gasteiger partial charge >= 0.3 is 0 Å². The van der Waals surface area contributed by atoms with E-state index in [-0.39, 0.29) is 0 Å². The molecule has 0 fully saturated rings. The molecular weight excluding hydrogens is 224 g/mol. The zero-order chi connectivity index (χ0) is 13.0. The highest BCUT2D eigenvalue weighted by Gasteiger charge is 2.06. The van der Waals surface area contributed by atoms with Crippen LogP contribution in [0.4, 0.5) is 0 Å². The van der Waals surface area contributed by atoms with E-state index in [1.54, 1.807) is 7.11 Å². The fourth-order valence-electron chi connectivity index (χ4n) is 1.94. The molecule has 0 saturated heterocycles. The summed E-state index contributed by atoms with van der Waals surface area (Å²) < 4.78 is 10.8. The molecule has 0 aliphatic rings. The fourth-order valence-corrected chi connectivity index (χ4v) is 1.94. The third-order valence-electron chi connectivity index (χ3n) is 2.83. The van der Waals surface area contributed by atoms with E-state index < -0.39 is 0 Å². The average molecular weight is 242 g/mol. The van der Waals surface area contributed by atoms with Gasteiger partial charge in [0.2, 0.25) is 0 Å². The minimum Gasteiger partial charge on any atom is -0.496 e. The normalized spacial score (nSPS) is 10.2. The van der Waals surface area contributed by atoms with E-state index in [9.17, 15) is 0 Å². The molecule has 2 nitrogen and oxygen atoms in total. The van der Waals surface area contributed by atoms with E-state index in [2.05, 4.69) is 31.2 Å². The Morgan fingerprint density at radius 3 is 2.33 bits per heavy atom. The molecule has 18 heavy (non-hydrogen) atoms. The highest BCUT2D eigenvalue weighted by Crippen LogP contribution is 2.31. The van der Waals surface area contributed by atoms with Gasteiger partial charge in [-0.2, -0.15) is 0 Å². The SMILES string of the molecule is CCOc1ccc(-c2cc(C)ccc2OC)cc1. The molecule has 2 rings (SSSR count). The third-order valence-corrected chi connectivity index (χ3v) is 2.83. The Bertz CT molecular complexity index is 515. The van der Waals surface area contributed by atoms with E-state index >= 15 is 0 Å². The van der Waals surface area contributed by atoms with Crippen LogP contribution in [-0.4, -0.2) is 13.7 Å². The first kappa shape index (κ1) is 12.5. The number of methoxy groups -OCH3 is 1. The number of hydrogen-bond acceptors (Lipinski definition) is 2. The third kappa shape index (κ3) is 2.65. The Morgan fingerprint density at radius 2 is 1.72 bits per heavy atom. The molecule has 0 amide bonds. The summed E-state index contributed by atoms with van der Waals surface area (Å²) in [5, 5.41) is 0. The van der Waals surface area contributed by atoms with Crippen molar-refractivity contribution < 1.29 is 9.47 Å². The van der Waals surface area contributed by atoms with Gasteiger partial charge < -0.3 is 9.47 Å². The predicted molar refractivity (Wildman–Crippen MR) is 74.3 cm³/mol. The van der Waals surface area contributed by atoms with E-state index in [1.165, 1.54) is 5.56 Å². The van der Waals surface area contributed by atoms with E-state index in [0.717, 1.165) is 22.6 Å². The van der Waals surface area contributed by atoms with Crippen LogP contribution >= 0.6 is 0 Å². The van der Waals surface area contributed by atoms with Gasteiger partial charge in [0, 0.05) is 5.56 Å². The largest absolute Gasteiger partial charge is 0.496 e. The monoisotopic (exact) mass is 242 g/mol. The lowest BCUT2D eigenvalue weighted by atomic mass is 10.0. The van der Waals surface area contributed by atoms with Crippen molar-refractivity contribution in [2.45, 2.75) is 13.8 Å². The molecule has 0 aliphatic heterocycles. The van der Waals surface area contributed by atoms with Gasteiger partial charge in [-0.1, -0.05) is 23.8 Å². The molecule has 94 valence electrons. The Labute approximate surface area is 108 Å². The van der Waals surface area contributed by atoms with Crippen LogP contribution in [0.15, 0.2) is 42.5 Å². The van der Waals surface area contributed by atoms with Gasteiger partial charge in [-0.15, -0.1) is 0 Å². The van der Waals surface area contributed by atoms with Crippen molar-refractivity contribution in [3.05, 3.63) is 48.0 Å². The average Bonchev–Trinajstić information content (AvgIpc) is 2.40. The van der Waals surface area contributed by atoms with Crippen molar-refractivity contribution in [1.29, 1.82) is 0 Å². The summed E-state index contributed by atoms with van der Waals surface area (Å²) in [6, 6.07) is 14.3. The summed E-state index contributed by atoms with van der Waals surface area (Å²) >= 11 is 0. The van der Waals surface area contributed by atoms with Crippen LogP contribution in [0.3, 0.4) is 0 Å². The number of ether oxygens (including phenoxy) is 2. The van der Waals surface area contributed by atoms with Gasteiger partial charge in [0.25, 0.3) is 0 Å². The van der Waals surface area contributed by atoms with Crippen LogP contribution in [0.1, 0.15) is 12.5 Å². The summed E-state index contributed by atoms with van der Waals surface area (Å²) in [6.07, 6.45) is 0. The predicted octanol–water partition coefficient (Wildman–Crippen LogP) is 4.07. The lowest BCUT2D eigenvalue weighted by molar-refractivity contribution is 0.340. The molecule has 0 N–H and O–H groups in total. The summed E-state index contributed by atoms with van der Waals surface area (Å²) in [4.78, 5) is 0. The van der Waals surface area contributed by atoms with Crippen molar-refractivity contribution in [2.75, 3.05) is 13.7 Å². The molecule has 2 aromatic rings. The van der Waals surface area contributed by atoms with Gasteiger partial charge in [0.1, 0.15) is 11.5 Å². The van der Waals surface area contributed by atoms with E-state index in [0.29, 0.717) is 6.61 Å². The number of benzene rings is 2. The molecule has 0 atom stereocenters. The first-order chi connectivity index (χ1) is 8.74. The van der Waals surface area contributed by atoms with Gasteiger partial charge in [0.15, 0.2) is 0 Å². The molecule has 0 bridgehead atoms. The molecule has 2 aromatic carbocycles. The smallest absolute Gasteiger partial charge is 0.126 e. The van der Waals surface area contributed by atoms with Crippen molar-refractivity contribution in [1.82, 2.24) is 0 Å². The molecule has 0 aliphatic carbocycles. The zero-order valence-corrected chi connectivity index (χ0v) is 11.1. The Hall–Kier alpha value is -1.96. The van der Waals surface area contributed by atoms with Gasteiger partial charge in [0.05, 0.1) is 13.7 Å². The number of rotatable bonds is 4. The van der Waals surface area contributed by atoms with Crippen LogP contribution in [0.25, 0.3) is 11.1 Å². The standard InChI is InChI=1S/C16H18O2/c1-4-18-14-8-6-13(7-9-14)15-11-12(2)5-10-16(15)17-3/h5-11H,4H2,1-3H3. The van der Waals surface area contributed by atoms with Crippen LogP contribution in [0, 0.1) is 6.92 Å². The lowest BCUT2D eigenvalue weighted by Crippen LogP contribution is -1.92. The first-order valence-corrected chi connectivity index (χ1v) is 6.12. The number of aryl methyl sites for hydroxylation is 1.